The fourth-order valence-electron chi connectivity index (χ4n) is 0.780. The molecule has 1 aromatic carbocycles. The topological polar surface area (TPSA) is 20.2 Å². The average Bonchev–Trinajstić information content (AvgIpc) is 1.88. The maximum atomic E-state index is 8.57. The average molecular weight is 154 g/mol. The molecule has 0 saturated carbocycles. The van der Waals surface area contributed by atoms with Gasteiger partial charge in [-0.3, -0.25) is 0 Å². The van der Waals surface area contributed by atoms with Crippen molar-refractivity contribution in [3.05, 3.63) is 29.8 Å². The highest BCUT2D eigenvalue weighted by Crippen LogP contribution is 2.16. The first-order valence-electron chi connectivity index (χ1n) is 3.13. The fraction of sp³-hybridized carbons (Fsp3) is 0.250. The first kappa shape index (κ1) is 7.63. The lowest BCUT2D eigenvalue weighted by Crippen LogP contribution is -1.76. The monoisotopic (exact) mass is 154 g/mol. The van der Waals surface area contributed by atoms with E-state index in [1.165, 1.54) is 17.3 Å². The summed E-state index contributed by atoms with van der Waals surface area (Å²) in [5, 5.41) is 8.57. The van der Waals surface area contributed by atoms with Crippen molar-refractivity contribution in [1.82, 2.24) is 0 Å². The molecule has 0 aliphatic carbocycles. The summed E-state index contributed by atoms with van der Waals surface area (Å²) in [7, 11) is 0. The van der Waals surface area contributed by atoms with Crippen LogP contribution in [0, 0.1) is 6.92 Å². The molecule has 0 radical (unpaired) electrons. The van der Waals surface area contributed by atoms with Crippen molar-refractivity contribution in [2.75, 3.05) is 5.94 Å². The molecule has 1 nitrogen and oxygen atoms in total. The molecule has 0 fully saturated rings. The van der Waals surface area contributed by atoms with Crippen LogP contribution in [0.25, 0.3) is 0 Å². The zero-order valence-electron chi connectivity index (χ0n) is 5.87. The highest BCUT2D eigenvalue weighted by molar-refractivity contribution is 7.99. The van der Waals surface area contributed by atoms with Gasteiger partial charge in [0.15, 0.2) is 0 Å². The SMILES string of the molecule is Cc1cccc(SCO)c1. The molecule has 0 aliphatic heterocycles. The quantitative estimate of drug-likeness (QED) is 0.519. The number of rotatable bonds is 2. The molecule has 0 aliphatic rings. The first-order valence-corrected chi connectivity index (χ1v) is 4.12. The first-order chi connectivity index (χ1) is 4.83. The summed E-state index contributed by atoms with van der Waals surface area (Å²) in [4.78, 5) is 1.13. The molecule has 1 aromatic rings. The van der Waals surface area contributed by atoms with Crippen LogP contribution in [-0.4, -0.2) is 11.0 Å². The van der Waals surface area contributed by atoms with Gasteiger partial charge in [0.1, 0.15) is 0 Å². The molecule has 0 spiro atoms. The van der Waals surface area contributed by atoms with Gasteiger partial charge in [0.2, 0.25) is 0 Å². The number of aryl methyl sites for hydroxylation is 1. The summed E-state index contributed by atoms with van der Waals surface area (Å²) in [6, 6.07) is 8.09. The second-order valence-corrected chi connectivity index (χ2v) is 3.11. The Kier molecular flexibility index (Phi) is 2.78. The lowest BCUT2D eigenvalue weighted by atomic mass is 10.2. The van der Waals surface area contributed by atoms with E-state index in [0.717, 1.165) is 4.90 Å². The minimum atomic E-state index is 0.156. The molecule has 0 amide bonds. The molecule has 0 saturated heterocycles. The van der Waals surface area contributed by atoms with Gasteiger partial charge in [-0.25, -0.2) is 0 Å². The number of hydrogen-bond donors (Lipinski definition) is 1. The lowest BCUT2D eigenvalue weighted by molar-refractivity contribution is 0.375. The third kappa shape index (κ3) is 2.05. The number of hydrogen-bond acceptors (Lipinski definition) is 2. The fourth-order valence-corrected chi connectivity index (χ4v) is 1.37. The Bertz CT molecular complexity index is 210. The van der Waals surface area contributed by atoms with Crippen LogP contribution in [0.4, 0.5) is 0 Å². The summed E-state index contributed by atoms with van der Waals surface area (Å²) in [5.74, 6) is 0.156. The lowest BCUT2D eigenvalue weighted by Gasteiger charge is -1.97. The van der Waals surface area contributed by atoms with Crippen LogP contribution in [0.1, 0.15) is 5.56 Å². The van der Waals surface area contributed by atoms with Crippen molar-refractivity contribution in [3.8, 4) is 0 Å². The Labute approximate surface area is 65.1 Å². The van der Waals surface area contributed by atoms with Gasteiger partial charge in [0.25, 0.3) is 0 Å². The van der Waals surface area contributed by atoms with Crippen LogP contribution in [0.3, 0.4) is 0 Å². The van der Waals surface area contributed by atoms with Gasteiger partial charge >= 0.3 is 0 Å². The summed E-state index contributed by atoms with van der Waals surface area (Å²) in [5.41, 5.74) is 1.23. The van der Waals surface area contributed by atoms with E-state index in [1.807, 2.05) is 25.1 Å². The van der Waals surface area contributed by atoms with Gasteiger partial charge in [-0.1, -0.05) is 29.5 Å². The van der Waals surface area contributed by atoms with Crippen molar-refractivity contribution in [2.24, 2.45) is 0 Å². The Hall–Kier alpha value is -0.470. The van der Waals surface area contributed by atoms with E-state index in [0.29, 0.717) is 0 Å². The van der Waals surface area contributed by atoms with Crippen LogP contribution < -0.4 is 0 Å². The van der Waals surface area contributed by atoms with Crippen LogP contribution in [0.5, 0.6) is 0 Å². The molecule has 2 heteroatoms. The van der Waals surface area contributed by atoms with E-state index in [-0.39, 0.29) is 5.94 Å². The van der Waals surface area contributed by atoms with Crippen LogP contribution in [0.2, 0.25) is 0 Å². The van der Waals surface area contributed by atoms with Crippen LogP contribution >= 0.6 is 11.8 Å². The second kappa shape index (κ2) is 3.64. The van der Waals surface area contributed by atoms with E-state index >= 15 is 0 Å². The predicted octanol–water partition coefficient (Wildman–Crippen LogP) is 2.04. The van der Waals surface area contributed by atoms with Crippen molar-refractivity contribution in [3.63, 3.8) is 0 Å². The Morgan fingerprint density at radius 1 is 1.50 bits per heavy atom. The van der Waals surface area contributed by atoms with Crippen molar-refractivity contribution < 1.29 is 5.11 Å². The van der Waals surface area contributed by atoms with E-state index in [9.17, 15) is 0 Å². The molecule has 0 aromatic heterocycles. The van der Waals surface area contributed by atoms with Gasteiger partial charge in [-0.05, 0) is 19.1 Å². The maximum absolute atomic E-state index is 8.57. The molecule has 0 atom stereocenters. The molecule has 54 valence electrons. The normalized spacial score (nSPS) is 9.80. The van der Waals surface area contributed by atoms with E-state index in [2.05, 4.69) is 6.07 Å². The third-order valence-corrected chi connectivity index (χ3v) is 1.94. The zero-order chi connectivity index (χ0) is 7.40. The van der Waals surface area contributed by atoms with Crippen LogP contribution in [-0.2, 0) is 0 Å². The second-order valence-electron chi connectivity index (χ2n) is 2.09. The van der Waals surface area contributed by atoms with E-state index in [1.54, 1.807) is 0 Å². The predicted molar refractivity (Wildman–Crippen MR) is 44.1 cm³/mol. The summed E-state index contributed by atoms with van der Waals surface area (Å²) >= 11 is 1.44. The number of benzene rings is 1. The van der Waals surface area contributed by atoms with Gasteiger partial charge in [-0.2, -0.15) is 0 Å². The molecular formula is C8H10OS. The Balaban J connectivity index is 2.75. The third-order valence-electron chi connectivity index (χ3n) is 1.22. The minimum Gasteiger partial charge on any atom is -0.385 e. The standard InChI is InChI=1S/C8H10OS/c1-7-3-2-4-8(5-7)10-6-9/h2-5,9H,6H2,1H3. The van der Waals surface area contributed by atoms with Crippen LogP contribution in [0.15, 0.2) is 29.2 Å². The number of aliphatic hydroxyl groups is 1. The Morgan fingerprint density at radius 2 is 2.30 bits per heavy atom. The highest BCUT2D eigenvalue weighted by Gasteiger charge is 1.90. The van der Waals surface area contributed by atoms with Crippen molar-refractivity contribution >= 4 is 11.8 Å². The minimum absolute atomic E-state index is 0.156. The smallest absolute Gasteiger partial charge is 0.0932 e. The molecular weight excluding hydrogens is 144 g/mol. The molecule has 0 unspecified atom stereocenters. The Morgan fingerprint density at radius 3 is 2.90 bits per heavy atom. The largest absolute Gasteiger partial charge is 0.385 e. The summed E-state index contributed by atoms with van der Waals surface area (Å²) < 4.78 is 0. The van der Waals surface area contributed by atoms with Gasteiger partial charge in [-0.15, -0.1) is 0 Å². The molecule has 1 N–H and O–H groups in total. The maximum Gasteiger partial charge on any atom is 0.0932 e. The van der Waals surface area contributed by atoms with Gasteiger partial charge < -0.3 is 5.11 Å². The molecule has 1 rings (SSSR count). The number of aliphatic hydroxyl groups excluding tert-OH is 1. The van der Waals surface area contributed by atoms with Crippen molar-refractivity contribution in [2.45, 2.75) is 11.8 Å². The van der Waals surface area contributed by atoms with E-state index < -0.39 is 0 Å². The van der Waals surface area contributed by atoms with E-state index in [4.69, 9.17) is 5.11 Å². The highest BCUT2D eigenvalue weighted by atomic mass is 32.2. The zero-order valence-corrected chi connectivity index (χ0v) is 6.69. The summed E-state index contributed by atoms with van der Waals surface area (Å²) in [6.45, 7) is 2.04. The molecule has 0 heterocycles. The van der Waals surface area contributed by atoms with Gasteiger partial charge in [0, 0.05) is 4.90 Å². The summed E-state index contributed by atoms with van der Waals surface area (Å²) in [6.07, 6.45) is 0. The number of thioether (sulfide) groups is 1. The molecule has 10 heavy (non-hydrogen) atoms. The van der Waals surface area contributed by atoms with Crippen molar-refractivity contribution in [1.29, 1.82) is 0 Å². The molecule has 0 bridgehead atoms. The van der Waals surface area contributed by atoms with Gasteiger partial charge in [0.05, 0.1) is 5.94 Å².